The van der Waals surface area contributed by atoms with Gasteiger partial charge < -0.3 is 10.2 Å². The van der Waals surface area contributed by atoms with Crippen LogP contribution in [0.1, 0.15) is 30.9 Å². The van der Waals surface area contributed by atoms with Gasteiger partial charge in [0.15, 0.2) is 0 Å². The van der Waals surface area contributed by atoms with Crippen molar-refractivity contribution < 1.29 is 9.59 Å². The lowest BCUT2D eigenvalue weighted by atomic mass is 10.0. The fourth-order valence-corrected chi connectivity index (χ4v) is 4.21. The molecule has 0 saturated carbocycles. The number of anilines is 1. The smallest absolute Gasteiger partial charge is 0.238 e. The lowest BCUT2D eigenvalue weighted by Crippen LogP contribution is -2.52. The lowest BCUT2D eigenvalue weighted by molar-refractivity contribution is -0.134. The van der Waals surface area contributed by atoms with E-state index in [1.165, 1.54) is 6.42 Å². The van der Waals surface area contributed by atoms with Crippen molar-refractivity contribution in [2.45, 2.75) is 33.6 Å². The lowest BCUT2D eigenvalue weighted by Gasteiger charge is -2.36. The van der Waals surface area contributed by atoms with Crippen LogP contribution in [0, 0.1) is 19.8 Å². The topological polar surface area (TPSA) is 55.9 Å². The Morgan fingerprint density at radius 3 is 2.21 bits per heavy atom. The van der Waals surface area contributed by atoms with Crippen LogP contribution in [0.2, 0.25) is 0 Å². The van der Waals surface area contributed by atoms with E-state index in [2.05, 4.69) is 22.0 Å². The fourth-order valence-electron chi connectivity index (χ4n) is 4.21. The summed E-state index contributed by atoms with van der Waals surface area (Å²) in [6.45, 7) is 12.3. The van der Waals surface area contributed by atoms with Gasteiger partial charge in [-0.3, -0.25) is 19.4 Å². The van der Waals surface area contributed by atoms with Crippen LogP contribution >= 0.6 is 0 Å². The third-order valence-corrected chi connectivity index (χ3v) is 5.95. The van der Waals surface area contributed by atoms with Gasteiger partial charge in [-0.05, 0) is 43.7 Å². The second kappa shape index (κ2) is 9.52. The molecule has 0 aromatic heterocycles. The molecule has 1 aromatic rings. The molecule has 2 fully saturated rings. The van der Waals surface area contributed by atoms with Crippen LogP contribution in [0.5, 0.6) is 0 Å². The minimum Gasteiger partial charge on any atom is -0.341 e. The summed E-state index contributed by atoms with van der Waals surface area (Å²) in [5, 5.41) is 3.06. The van der Waals surface area contributed by atoms with Crippen LogP contribution in [0.4, 0.5) is 5.69 Å². The molecule has 2 aliphatic heterocycles. The first-order chi connectivity index (χ1) is 13.4. The Bertz CT molecular complexity index is 678. The number of piperidine rings is 1. The van der Waals surface area contributed by atoms with Crippen molar-refractivity contribution in [2.24, 2.45) is 5.92 Å². The van der Waals surface area contributed by atoms with Crippen molar-refractivity contribution in [1.29, 1.82) is 0 Å². The molecule has 28 heavy (non-hydrogen) atoms. The first kappa shape index (κ1) is 20.8. The van der Waals surface area contributed by atoms with E-state index >= 15 is 0 Å². The van der Waals surface area contributed by atoms with Gasteiger partial charge in [0.1, 0.15) is 0 Å². The van der Waals surface area contributed by atoms with Gasteiger partial charge in [-0.1, -0.05) is 25.1 Å². The van der Waals surface area contributed by atoms with Gasteiger partial charge in [0.05, 0.1) is 13.1 Å². The average Bonchev–Trinajstić information content (AvgIpc) is 2.66. The number of benzene rings is 1. The third kappa shape index (κ3) is 5.55. The number of hydrogen-bond acceptors (Lipinski definition) is 4. The first-order valence-corrected chi connectivity index (χ1v) is 10.5. The van der Waals surface area contributed by atoms with Crippen molar-refractivity contribution in [3.63, 3.8) is 0 Å². The molecule has 6 heteroatoms. The predicted octanol–water partition coefficient (Wildman–Crippen LogP) is 2.12. The summed E-state index contributed by atoms with van der Waals surface area (Å²) in [4.78, 5) is 31.4. The van der Waals surface area contributed by atoms with E-state index in [0.717, 1.165) is 62.5 Å². The molecule has 0 bridgehead atoms. The van der Waals surface area contributed by atoms with Crippen molar-refractivity contribution in [3.8, 4) is 0 Å². The summed E-state index contributed by atoms with van der Waals surface area (Å²) in [5.41, 5.74) is 3.10. The molecule has 0 spiro atoms. The molecule has 1 atom stereocenters. The normalized spacial score (nSPS) is 21.5. The molecule has 2 amide bonds. The number of carbonyl (C=O) groups is 2. The Morgan fingerprint density at radius 2 is 1.61 bits per heavy atom. The third-order valence-electron chi connectivity index (χ3n) is 5.95. The van der Waals surface area contributed by atoms with Gasteiger partial charge >= 0.3 is 0 Å². The van der Waals surface area contributed by atoms with Crippen LogP contribution in [0.15, 0.2) is 18.2 Å². The second-order valence-electron chi connectivity index (χ2n) is 8.45. The SMILES string of the molecule is Cc1cccc(C)c1NC(=O)CN1CCN(CC(=O)N2CCC[C@H](C)C2)CC1. The highest BCUT2D eigenvalue weighted by Gasteiger charge is 2.25. The number of piperazine rings is 1. The molecule has 154 valence electrons. The van der Waals surface area contributed by atoms with E-state index in [4.69, 9.17) is 0 Å². The van der Waals surface area contributed by atoms with Gasteiger partial charge in [-0.25, -0.2) is 0 Å². The van der Waals surface area contributed by atoms with Crippen LogP contribution < -0.4 is 5.32 Å². The first-order valence-electron chi connectivity index (χ1n) is 10.5. The summed E-state index contributed by atoms with van der Waals surface area (Å²) in [7, 11) is 0. The molecular formula is C22H34N4O2. The van der Waals surface area contributed by atoms with Gasteiger partial charge in [-0.15, -0.1) is 0 Å². The Hall–Kier alpha value is -1.92. The molecule has 6 nitrogen and oxygen atoms in total. The van der Waals surface area contributed by atoms with E-state index in [-0.39, 0.29) is 11.8 Å². The minimum atomic E-state index is 0.0317. The zero-order chi connectivity index (χ0) is 20.1. The van der Waals surface area contributed by atoms with Crippen LogP contribution in [-0.2, 0) is 9.59 Å². The van der Waals surface area contributed by atoms with Crippen molar-refractivity contribution in [2.75, 3.05) is 57.7 Å². The average molecular weight is 387 g/mol. The largest absolute Gasteiger partial charge is 0.341 e. The van der Waals surface area contributed by atoms with Gasteiger partial charge in [-0.2, -0.15) is 0 Å². The Labute approximate surface area is 168 Å². The highest BCUT2D eigenvalue weighted by atomic mass is 16.2. The summed E-state index contributed by atoms with van der Waals surface area (Å²) >= 11 is 0. The van der Waals surface area contributed by atoms with Gasteiger partial charge in [0.25, 0.3) is 0 Å². The second-order valence-corrected chi connectivity index (χ2v) is 8.45. The maximum absolute atomic E-state index is 12.5. The summed E-state index contributed by atoms with van der Waals surface area (Å²) in [6.07, 6.45) is 2.35. The quantitative estimate of drug-likeness (QED) is 0.842. The number of amides is 2. The minimum absolute atomic E-state index is 0.0317. The highest BCUT2D eigenvalue weighted by Crippen LogP contribution is 2.19. The maximum Gasteiger partial charge on any atom is 0.238 e. The van der Waals surface area contributed by atoms with Crippen LogP contribution in [-0.4, -0.2) is 78.9 Å². The number of likely N-dealkylation sites (tertiary alicyclic amines) is 1. The molecule has 0 radical (unpaired) electrons. The number of hydrogen-bond donors (Lipinski definition) is 1. The molecule has 0 unspecified atom stereocenters. The molecule has 2 heterocycles. The molecular weight excluding hydrogens is 352 g/mol. The highest BCUT2D eigenvalue weighted by molar-refractivity contribution is 5.93. The Kier molecular flexibility index (Phi) is 7.08. The van der Waals surface area contributed by atoms with E-state index in [0.29, 0.717) is 19.0 Å². The van der Waals surface area contributed by atoms with Gasteiger partial charge in [0, 0.05) is 45.0 Å². The zero-order valence-electron chi connectivity index (χ0n) is 17.5. The maximum atomic E-state index is 12.5. The monoisotopic (exact) mass is 386 g/mol. The summed E-state index contributed by atoms with van der Waals surface area (Å²) in [6, 6.07) is 6.04. The fraction of sp³-hybridized carbons (Fsp3) is 0.636. The standard InChI is InChI=1S/C22H34N4O2/c1-17-6-5-9-26(14-17)21(28)16-25-12-10-24(11-13-25)15-20(27)23-22-18(2)7-4-8-19(22)3/h4,7-8,17H,5-6,9-16H2,1-3H3,(H,23,27)/t17-/m0/s1. The molecule has 2 saturated heterocycles. The number of rotatable bonds is 5. The number of nitrogens with zero attached hydrogens (tertiary/aromatic N) is 3. The molecule has 1 N–H and O–H groups in total. The summed E-state index contributed by atoms with van der Waals surface area (Å²) in [5.74, 6) is 0.905. The molecule has 1 aromatic carbocycles. The van der Waals surface area contributed by atoms with Crippen molar-refractivity contribution >= 4 is 17.5 Å². The molecule has 0 aliphatic carbocycles. The number of carbonyl (C=O) groups excluding carboxylic acids is 2. The van der Waals surface area contributed by atoms with E-state index < -0.39 is 0 Å². The van der Waals surface area contributed by atoms with E-state index in [1.54, 1.807) is 0 Å². The van der Waals surface area contributed by atoms with Crippen LogP contribution in [0.25, 0.3) is 0 Å². The predicted molar refractivity (Wildman–Crippen MR) is 112 cm³/mol. The number of para-hydroxylation sites is 1. The summed E-state index contributed by atoms with van der Waals surface area (Å²) < 4.78 is 0. The Balaban J connectivity index is 1.41. The Morgan fingerprint density at radius 1 is 1.00 bits per heavy atom. The number of nitrogens with one attached hydrogen (secondary N) is 1. The van der Waals surface area contributed by atoms with Gasteiger partial charge in [0.2, 0.25) is 11.8 Å². The molecule has 2 aliphatic rings. The zero-order valence-corrected chi connectivity index (χ0v) is 17.5. The van der Waals surface area contributed by atoms with Crippen LogP contribution in [0.3, 0.4) is 0 Å². The van der Waals surface area contributed by atoms with E-state index in [1.807, 2.05) is 36.9 Å². The molecule has 3 rings (SSSR count). The number of aryl methyl sites for hydroxylation is 2. The van der Waals surface area contributed by atoms with Crippen molar-refractivity contribution in [1.82, 2.24) is 14.7 Å². The van der Waals surface area contributed by atoms with Crippen molar-refractivity contribution in [3.05, 3.63) is 29.3 Å². The van der Waals surface area contributed by atoms with E-state index in [9.17, 15) is 9.59 Å².